The van der Waals surface area contributed by atoms with Crippen LogP contribution in [0.1, 0.15) is 19.4 Å². The number of nitrogens with two attached hydrogens (primary N) is 1. The Labute approximate surface area is 77.5 Å². The van der Waals surface area contributed by atoms with Gasteiger partial charge in [-0.05, 0) is 25.5 Å². The predicted octanol–water partition coefficient (Wildman–Crippen LogP) is 0.368. The fraction of sp³-hybridized carbons (Fsp3) is 0.444. The average molecular weight is 181 g/mol. The van der Waals surface area contributed by atoms with Crippen LogP contribution in [0.2, 0.25) is 0 Å². The van der Waals surface area contributed by atoms with Crippen LogP contribution in [0, 0.1) is 0 Å². The molecule has 4 heteroatoms. The van der Waals surface area contributed by atoms with Gasteiger partial charge in [0.25, 0.3) is 0 Å². The summed E-state index contributed by atoms with van der Waals surface area (Å²) >= 11 is 0. The zero-order valence-corrected chi connectivity index (χ0v) is 7.92. The maximum atomic E-state index is 11.3. The van der Waals surface area contributed by atoms with Gasteiger partial charge in [-0.1, -0.05) is 0 Å². The molecule has 13 heavy (non-hydrogen) atoms. The lowest BCUT2D eigenvalue weighted by Crippen LogP contribution is -2.48. The van der Waals surface area contributed by atoms with Gasteiger partial charge in [-0.15, -0.1) is 0 Å². The maximum absolute atomic E-state index is 11.3. The Bertz CT molecular complexity index is 272. The lowest BCUT2D eigenvalue weighted by Gasteiger charge is -2.17. The summed E-state index contributed by atoms with van der Waals surface area (Å²) in [6.45, 7) is 3.88. The van der Waals surface area contributed by atoms with Gasteiger partial charge in [0.05, 0.1) is 5.54 Å². The number of amides is 1. The molecule has 0 saturated heterocycles. The number of aromatic nitrogens is 1. The van der Waals surface area contributed by atoms with E-state index in [2.05, 4.69) is 10.3 Å². The van der Waals surface area contributed by atoms with Gasteiger partial charge in [0.2, 0.25) is 5.91 Å². The molecule has 0 aliphatic heterocycles. The summed E-state index contributed by atoms with van der Waals surface area (Å²) in [5.41, 5.74) is 5.83. The third-order valence-electron chi connectivity index (χ3n) is 1.70. The van der Waals surface area contributed by atoms with Crippen molar-refractivity contribution < 1.29 is 4.79 Å². The normalized spacial score (nSPS) is 11.3. The van der Waals surface area contributed by atoms with Gasteiger partial charge >= 0.3 is 0 Å². The highest BCUT2D eigenvalue weighted by Crippen LogP contribution is 1.99. The lowest BCUT2D eigenvalue weighted by molar-refractivity contribution is -0.125. The molecule has 1 aromatic rings. The van der Waals surface area contributed by atoms with Crippen LogP contribution < -0.4 is 11.1 Å². The fourth-order valence-corrected chi connectivity index (χ4v) is 0.879. The minimum absolute atomic E-state index is 0.145. The van der Waals surface area contributed by atoms with E-state index < -0.39 is 5.54 Å². The van der Waals surface area contributed by atoms with E-state index in [1.54, 1.807) is 13.8 Å². The Kier molecular flexibility index (Phi) is 2.72. The monoisotopic (exact) mass is 181 g/mol. The molecule has 0 radical (unpaired) electrons. The molecule has 0 aliphatic carbocycles. The van der Waals surface area contributed by atoms with Gasteiger partial charge in [0.1, 0.15) is 0 Å². The summed E-state index contributed by atoms with van der Waals surface area (Å²) in [5, 5.41) is 2.74. The Morgan fingerprint density at radius 2 is 2.38 bits per heavy atom. The van der Waals surface area contributed by atoms with Crippen molar-refractivity contribution in [2.45, 2.75) is 25.9 Å². The maximum Gasteiger partial charge on any atom is 0.239 e. The van der Waals surface area contributed by atoms with Crippen LogP contribution in [0.25, 0.3) is 0 Å². The molecule has 4 nitrogen and oxygen atoms in total. The molecule has 0 saturated carbocycles. The van der Waals surface area contributed by atoms with Gasteiger partial charge in [0, 0.05) is 18.9 Å². The van der Waals surface area contributed by atoms with Gasteiger partial charge in [-0.3, -0.25) is 4.79 Å². The molecular weight excluding hydrogens is 166 g/mol. The SMILES string of the molecule is CC(C)(N)C(=O)NCc1cc[nH]c1. The van der Waals surface area contributed by atoms with E-state index >= 15 is 0 Å². The molecule has 1 rings (SSSR count). The quantitative estimate of drug-likeness (QED) is 0.630. The van der Waals surface area contributed by atoms with Crippen molar-refractivity contribution in [2.24, 2.45) is 5.73 Å². The standard InChI is InChI=1S/C9H15N3O/c1-9(2,10)8(13)12-6-7-3-4-11-5-7/h3-5,11H,6,10H2,1-2H3,(H,12,13). The van der Waals surface area contributed by atoms with E-state index in [0.717, 1.165) is 5.56 Å². The highest BCUT2D eigenvalue weighted by atomic mass is 16.2. The van der Waals surface area contributed by atoms with Gasteiger partial charge in [-0.25, -0.2) is 0 Å². The molecule has 1 amide bonds. The molecule has 0 bridgehead atoms. The summed E-state index contributed by atoms with van der Waals surface area (Å²) in [4.78, 5) is 14.2. The second kappa shape index (κ2) is 3.62. The van der Waals surface area contributed by atoms with Gasteiger partial charge < -0.3 is 16.0 Å². The molecule has 0 unspecified atom stereocenters. The average Bonchev–Trinajstić information content (AvgIpc) is 2.50. The highest BCUT2D eigenvalue weighted by molar-refractivity contribution is 5.84. The number of hydrogen-bond donors (Lipinski definition) is 3. The predicted molar refractivity (Wildman–Crippen MR) is 50.9 cm³/mol. The molecule has 0 aliphatic rings. The van der Waals surface area contributed by atoms with Crippen LogP contribution >= 0.6 is 0 Å². The first kappa shape index (κ1) is 9.80. The van der Waals surface area contributed by atoms with E-state index in [-0.39, 0.29) is 5.91 Å². The smallest absolute Gasteiger partial charge is 0.239 e. The van der Waals surface area contributed by atoms with Gasteiger partial charge in [-0.2, -0.15) is 0 Å². The minimum atomic E-state index is -0.809. The first-order valence-corrected chi connectivity index (χ1v) is 4.19. The third kappa shape index (κ3) is 2.91. The number of carbonyl (C=O) groups is 1. The van der Waals surface area contributed by atoms with Crippen molar-refractivity contribution in [3.63, 3.8) is 0 Å². The zero-order valence-electron chi connectivity index (χ0n) is 7.92. The van der Waals surface area contributed by atoms with E-state index in [4.69, 9.17) is 5.73 Å². The molecule has 0 fully saturated rings. The Morgan fingerprint density at radius 1 is 1.69 bits per heavy atom. The molecule has 72 valence electrons. The Hall–Kier alpha value is -1.29. The number of hydrogen-bond acceptors (Lipinski definition) is 2. The highest BCUT2D eigenvalue weighted by Gasteiger charge is 2.20. The second-order valence-corrected chi connectivity index (χ2v) is 3.62. The number of aromatic amines is 1. The van der Waals surface area contributed by atoms with Crippen LogP contribution in [-0.2, 0) is 11.3 Å². The Morgan fingerprint density at radius 3 is 2.85 bits per heavy atom. The van der Waals surface area contributed by atoms with Crippen LogP contribution in [-0.4, -0.2) is 16.4 Å². The second-order valence-electron chi connectivity index (χ2n) is 3.62. The molecule has 0 spiro atoms. The van der Waals surface area contributed by atoms with Crippen LogP contribution in [0.3, 0.4) is 0 Å². The number of carbonyl (C=O) groups excluding carboxylic acids is 1. The van der Waals surface area contributed by atoms with Crippen molar-refractivity contribution in [1.29, 1.82) is 0 Å². The Balaban J connectivity index is 2.40. The van der Waals surface area contributed by atoms with Crippen molar-refractivity contribution in [1.82, 2.24) is 10.3 Å². The van der Waals surface area contributed by atoms with E-state index in [9.17, 15) is 4.79 Å². The van der Waals surface area contributed by atoms with Crippen LogP contribution in [0.15, 0.2) is 18.5 Å². The van der Waals surface area contributed by atoms with Crippen LogP contribution in [0.4, 0.5) is 0 Å². The molecular formula is C9H15N3O. The molecule has 0 atom stereocenters. The van der Waals surface area contributed by atoms with Crippen molar-refractivity contribution in [3.05, 3.63) is 24.0 Å². The van der Waals surface area contributed by atoms with Crippen LogP contribution in [0.5, 0.6) is 0 Å². The summed E-state index contributed by atoms with van der Waals surface area (Å²) in [6.07, 6.45) is 3.65. The van der Waals surface area contributed by atoms with Crippen molar-refractivity contribution >= 4 is 5.91 Å². The van der Waals surface area contributed by atoms with Gasteiger partial charge in [0.15, 0.2) is 0 Å². The number of rotatable bonds is 3. The molecule has 1 aromatic heterocycles. The zero-order chi connectivity index (χ0) is 9.90. The molecule has 1 heterocycles. The fourth-order valence-electron chi connectivity index (χ4n) is 0.879. The molecule has 4 N–H and O–H groups in total. The summed E-state index contributed by atoms with van der Waals surface area (Å²) in [6, 6.07) is 1.91. The first-order chi connectivity index (χ1) is 6.00. The lowest BCUT2D eigenvalue weighted by atomic mass is 10.1. The third-order valence-corrected chi connectivity index (χ3v) is 1.70. The van der Waals surface area contributed by atoms with E-state index in [0.29, 0.717) is 6.54 Å². The van der Waals surface area contributed by atoms with E-state index in [1.165, 1.54) is 0 Å². The topological polar surface area (TPSA) is 70.9 Å². The summed E-state index contributed by atoms with van der Waals surface area (Å²) in [7, 11) is 0. The van der Waals surface area contributed by atoms with Crippen molar-refractivity contribution in [3.8, 4) is 0 Å². The number of nitrogens with one attached hydrogen (secondary N) is 2. The molecule has 0 aromatic carbocycles. The largest absolute Gasteiger partial charge is 0.367 e. The summed E-state index contributed by atoms with van der Waals surface area (Å²) < 4.78 is 0. The minimum Gasteiger partial charge on any atom is -0.367 e. The first-order valence-electron chi connectivity index (χ1n) is 4.19. The van der Waals surface area contributed by atoms with Crippen molar-refractivity contribution in [2.75, 3.05) is 0 Å². The van der Waals surface area contributed by atoms with E-state index in [1.807, 2.05) is 18.5 Å². The summed E-state index contributed by atoms with van der Waals surface area (Å²) in [5.74, 6) is -0.145. The number of H-pyrrole nitrogens is 1.